The second kappa shape index (κ2) is 17.1. The summed E-state index contributed by atoms with van der Waals surface area (Å²) in [6.07, 6.45) is 1.86. The molecule has 0 bridgehead atoms. The summed E-state index contributed by atoms with van der Waals surface area (Å²) in [5.74, 6) is -3.02. The van der Waals surface area contributed by atoms with E-state index in [9.17, 15) is 19.2 Å². The Morgan fingerprint density at radius 1 is 0.844 bits per heavy atom. The summed E-state index contributed by atoms with van der Waals surface area (Å²) >= 11 is 0. The summed E-state index contributed by atoms with van der Waals surface area (Å²) in [7, 11) is 3.19. The van der Waals surface area contributed by atoms with E-state index in [-0.39, 0.29) is 61.1 Å². The van der Waals surface area contributed by atoms with Crippen LogP contribution >= 0.6 is 0 Å². The minimum atomic E-state index is -3.00. The van der Waals surface area contributed by atoms with Crippen molar-refractivity contribution in [3.05, 3.63) is 94.9 Å². The number of nitrogens with one attached hydrogen (secondary N) is 1. The topological polar surface area (TPSA) is 155 Å². The molecule has 334 valence electrons. The van der Waals surface area contributed by atoms with Crippen LogP contribution in [0.4, 0.5) is 29.6 Å². The molecule has 5 aromatic rings. The number of alkyl halides is 2. The molecule has 0 radical (unpaired) electrons. The third-order valence-corrected chi connectivity index (χ3v) is 12.2. The van der Waals surface area contributed by atoms with Gasteiger partial charge < -0.3 is 19.1 Å². The maximum Gasteiger partial charge on any atom is 0.329 e. The van der Waals surface area contributed by atoms with Crippen LogP contribution in [-0.2, 0) is 24.9 Å². The van der Waals surface area contributed by atoms with Gasteiger partial charge in [0.2, 0.25) is 5.91 Å². The largest absolute Gasteiger partial charge is 0.493 e. The van der Waals surface area contributed by atoms with E-state index in [0.29, 0.717) is 78.9 Å². The van der Waals surface area contributed by atoms with Crippen LogP contribution in [0.2, 0.25) is 0 Å². The van der Waals surface area contributed by atoms with Crippen LogP contribution in [0, 0.1) is 5.82 Å². The van der Waals surface area contributed by atoms with Gasteiger partial charge in [0.05, 0.1) is 49.5 Å². The molecule has 6 heterocycles. The molecule has 3 saturated heterocycles. The van der Waals surface area contributed by atoms with E-state index in [4.69, 9.17) is 14.2 Å². The number of hydrogen-bond acceptors (Lipinski definition) is 12. The maximum absolute atomic E-state index is 15.9. The molecule has 3 fully saturated rings. The van der Waals surface area contributed by atoms with E-state index in [1.54, 1.807) is 60.5 Å². The number of ether oxygens (including phenoxy) is 3. The number of aromatic nitrogens is 3. The lowest BCUT2D eigenvalue weighted by Crippen LogP contribution is -2.61. The number of urea groups is 1. The van der Waals surface area contributed by atoms with E-state index in [1.807, 2.05) is 16.7 Å². The summed E-state index contributed by atoms with van der Waals surface area (Å²) in [5.41, 5.74) is 2.47. The van der Waals surface area contributed by atoms with Crippen LogP contribution in [0.3, 0.4) is 0 Å². The number of pyridine rings is 1. The fraction of sp³-hybridized carbons (Fsp3) is 0.378. The zero-order valence-corrected chi connectivity index (χ0v) is 35.5. The van der Waals surface area contributed by atoms with Gasteiger partial charge in [0, 0.05) is 76.9 Å². The highest BCUT2D eigenvalue weighted by molar-refractivity contribution is 6.23. The lowest BCUT2D eigenvalue weighted by atomic mass is 9.97. The number of carbonyl (C=O) groups excluding carboxylic acids is 4. The van der Waals surface area contributed by atoms with Crippen LogP contribution in [0.1, 0.15) is 51.6 Å². The predicted octanol–water partition coefficient (Wildman–Crippen LogP) is 5.58. The molecule has 64 heavy (non-hydrogen) atoms. The lowest BCUT2D eigenvalue weighted by Gasteiger charge is -2.46. The summed E-state index contributed by atoms with van der Waals surface area (Å²) in [6.45, 7) is 4.09. The minimum Gasteiger partial charge on any atom is -0.493 e. The number of hydrogen-bond donors (Lipinski definition) is 1. The van der Waals surface area contributed by atoms with Gasteiger partial charge in [0.1, 0.15) is 11.6 Å². The molecule has 1 atom stereocenters. The highest BCUT2D eigenvalue weighted by Gasteiger charge is 2.48. The van der Waals surface area contributed by atoms with Gasteiger partial charge >= 0.3 is 6.03 Å². The van der Waals surface area contributed by atoms with Gasteiger partial charge in [-0.05, 0) is 60.9 Å². The molecular weight excluding hydrogens is 836 g/mol. The third-order valence-electron chi connectivity index (χ3n) is 12.2. The number of aryl methyl sites for hydroxylation is 1. The second-order valence-electron chi connectivity index (χ2n) is 16.2. The zero-order valence-electron chi connectivity index (χ0n) is 35.5. The fourth-order valence-corrected chi connectivity index (χ4v) is 9.03. The number of piperazine rings is 1. The summed E-state index contributed by atoms with van der Waals surface area (Å²) in [5, 5.41) is 7.02. The summed E-state index contributed by atoms with van der Waals surface area (Å²) in [4.78, 5) is 63.8. The summed E-state index contributed by atoms with van der Waals surface area (Å²) < 4.78 is 65.7. The molecule has 4 aliphatic rings. The van der Waals surface area contributed by atoms with Crippen molar-refractivity contribution in [3.8, 4) is 23.0 Å². The Bertz CT molecular complexity index is 2650. The number of amides is 5. The Morgan fingerprint density at radius 3 is 2.33 bits per heavy atom. The average molecular weight is 882 g/mol. The van der Waals surface area contributed by atoms with Gasteiger partial charge in [0.25, 0.3) is 17.7 Å². The smallest absolute Gasteiger partial charge is 0.329 e. The van der Waals surface area contributed by atoms with Crippen molar-refractivity contribution in [1.29, 1.82) is 0 Å². The Morgan fingerprint density at radius 2 is 1.61 bits per heavy atom. The van der Waals surface area contributed by atoms with Crippen LogP contribution < -0.4 is 29.3 Å². The van der Waals surface area contributed by atoms with E-state index >= 15 is 13.2 Å². The lowest BCUT2D eigenvalue weighted by molar-refractivity contribution is -0.129. The molecule has 1 unspecified atom stereocenters. The van der Waals surface area contributed by atoms with Crippen molar-refractivity contribution in [2.45, 2.75) is 44.8 Å². The normalized spacial score (nSPS) is 19.3. The average Bonchev–Trinajstić information content (AvgIpc) is 3.71. The third kappa shape index (κ3) is 8.04. The van der Waals surface area contributed by atoms with E-state index < -0.39 is 42.2 Å². The second-order valence-corrected chi connectivity index (χ2v) is 16.2. The maximum atomic E-state index is 15.9. The zero-order chi connectivity index (χ0) is 44.9. The molecule has 19 heteroatoms. The monoisotopic (exact) mass is 881 g/mol. The van der Waals surface area contributed by atoms with Crippen molar-refractivity contribution in [1.82, 2.24) is 34.8 Å². The van der Waals surface area contributed by atoms with Gasteiger partial charge in [0.15, 0.2) is 28.9 Å². The first-order chi connectivity index (χ1) is 30.8. The Kier molecular flexibility index (Phi) is 11.4. The Balaban J connectivity index is 0.794. The number of piperidine rings is 1. The highest BCUT2D eigenvalue weighted by atomic mass is 19.3. The van der Waals surface area contributed by atoms with Gasteiger partial charge in [-0.3, -0.25) is 44.0 Å². The van der Waals surface area contributed by atoms with Crippen molar-refractivity contribution in [2.75, 3.05) is 69.3 Å². The van der Waals surface area contributed by atoms with E-state index in [0.717, 1.165) is 5.56 Å². The SMILES string of the molecule is CCOc1cc(CN2C(=O)c3ccnc(N4CCN(C5CCN(Cc6ccc(Oc7cc8c(cc7F)c(N7CCC(=O)NC7=O)nn8C)cc6)CC5(F)F)CC4)c3C2=O)ccc1OC. The molecule has 3 aromatic carbocycles. The number of imide groups is 2. The van der Waals surface area contributed by atoms with Gasteiger partial charge in [-0.15, -0.1) is 0 Å². The molecule has 16 nitrogen and oxygen atoms in total. The van der Waals surface area contributed by atoms with Gasteiger partial charge in [-0.25, -0.2) is 22.9 Å². The van der Waals surface area contributed by atoms with Crippen LogP contribution in [-0.4, -0.2) is 125 Å². The first-order valence-corrected chi connectivity index (χ1v) is 21.1. The van der Waals surface area contributed by atoms with Crippen molar-refractivity contribution in [2.24, 2.45) is 7.05 Å². The molecule has 5 amide bonds. The van der Waals surface area contributed by atoms with Crippen molar-refractivity contribution < 1.29 is 46.6 Å². The predicted molar refractivity (Wildman–Crippen MR) is 228 cm³/mol. The molecular formula is C45H46F3N9O7. The number of likely N-dealkylation sites (tertiary alicyclic amines) is 1. The first-order valence-electron chi connectivity index (χ1n) is 21.1. The number of fused-ring (bicyclic) bond motifs is 2. The van der Waals surface area contributed by atoms with Crippen LogP contribution in [0.15, 0.2) is 66.9 Å². The molecule has 4 aliphatic heterocycles. The molecule has 0 spiro atoms. The molecule has 2 aromatic heterocycles. The van der Waals surface area contributed by atoms with Crippen LogP contribution in [0.25, 0.3) is 10.9 Å². The minimum absolute atomic E-state index is 0.0281. The van der Waals surface area contributed by atoms with E-state index in [2.05, 4.69) is 15.4 Å². The molecule has 9 rings (SSSR count). The number of methoxy groups -OCH3 is 1. The van der Waals surface area contributed by atoms with Crippen LogP contribution in [0.5, 0.6) is 23.0 Å². The molecule has 0 aliphatic carbocycles. The number of rotatable bonds is 12. The van der Waals surface area contributed by atoms with E-state index in [1.165, 1.54) is 39.9 Å². The van der Waals surface area contributed by atoms with Gasteiger partial charge in [-0.2, -0.15) is 5.10 Å². The number of benzene rings is 3. The Hall–Kier alpha value is -6.73. The standard InChI is InChI=1S/C45H46F3N9O7/c1-4-63-36-21-28(7-10-34(36)62-3)25-57-42(59)30-11-14-49-41(39(30)43(57)60)55-19-17-54(18-20-55)37-12-15-53(26-45(37,47)48)24-27-5-8-29(9-6-27)64-35-23-33-31(22-32(35)46)40(51-52(33)2)56-16-13-38(58)50-44(56)61/h5-11,14,21-23,37H,4,12-13,15-20,24-26H2,1-3H3,(H,50,58,61). The fourth-order valence-electron chi connectivity index (χ4n) is 9.03. The summed E-state index contributed by atoms with van der Waals surface area (Å²) in [6, 6.07) is 14.8. The molecule has 1 N–H and O–H groups in total. The quantitative estimate of drug-likeness (QED) is 0.156. The highest BCUT2D eigenvalue weighted by Crippen LogP contribution is 2.38. The first kappa shape index (κ1) is 42.6. The number of halogens is 3. The number of nitrogens with zero attached hydrogens (tertiary/aromatic N) is 8. The van der Waals surface area contributed by atoms with Gasteiger partial charge in [-0.1, -0.05) is 18.2 Å². The molecule has 0 saturated carbocycles. The number of anilines is 2. The van der Waals surface area contributed by atoms with Crippen molar-refractivity contribution in [3.63, 3.8) is 0 Å². The van der Waals surface area contributed by atoms with Crippen molar-refractivity contribution >= 4 is 46.3 Å². The number of carbonyl (C=O) groups is 4. The Labute approximate surface area is 366 Å².